The first kappa shape index (κ1) is 18.8. The van der Waals surface area contributed by atoms with Crippen LogP contribution in [-0.2, 0) is 4.79 Å². The van der Waals surface area contributed by atoms with E-state index in [2.05, 4.69) is 26.5 Å². The van der Waals surface area contributed by atoms with Crippen LogP contribution in [0.25, 0.3) is 0 Å². The largest absolute Gasteiger partial charge is 0.377 e. The Labute approximate surface area is 159 Å². The van der Waals surface area contributed by atoms with Gasteiger partial charge in [0.25, 0.3) is 0 Å². The number of thioether (sulfide) groups is 1. The first-order chi connectivity index (χ1) is 11.5. The van der Waals surface area contributed by atoms with Crippen LogP contribution in [0.4, 0.5) is 5.69 Å². The van der Waals surface area contributed by atoms with E-state index in [9.17, 15) is 4.79 Å². The molecule has 0 aromatic heterocycles. The highest BCUT2D eigenvalue weighted by atomic mass is 79.9. The lowest BCUT2D eigenvalue weighted by atomic mass is 10.2. The van der Waals surface area contributed by atoms with Gasteiger partial charge in [0.2, 0.25) is 5.91 Å². The summed E-state index contributed by atoms with van der Waals surface area (Å²) in [6.07, 6.45) is 1.62. The summed E-state index contributed by atoms with van der Waals surface area (Å²) in [5, 5.41) is 4.67. The van der Waals surface area contributed by atoms with E-state index in [1.165, 1.54) is 11.8 Å². The van der Waals surface area contributed by atoms with Gasteiger partial charge in [-0.15, -0.1) is 11.8 Å². The molecule has 7 heteroatoms. The van der Waals surface area contributed by atoms with Crippen LogP contribution in [0, 0.1) is 0 Å². The second-order valence-corrected chi connectivity index (χ2v) is 7.48. The Bertz CT molecular complexity index is 735. The Hall–Kier alpha value is -1.50. The molecule has 0 unspecified atom stereocenters. The molecule has 1 amide bonds. The van der Waals surface area contributed by atoms with Crippen LogP contribution < -0.4 is 10.3 Å². The molecule has 2 rings (SSSR count). The van der Waals surface area contributed by atoms with Crippen molar-refractivity contribution in [1.29, 1.82) is 0 Å². The number of carbonyl (C=O) groups is 1. The first-order valence-electron chi connectivity index (χ1n) is 7.13. The molecular formula is C17H17BrClN3OS. The number of nitrogens with one attached hydrogen (secondary N) is 1. The van der Waals surface area contributed by atoms with Gasteiger partial charge >= 0.3 is 0 Å². The topological polar surface area (TPSA) is 44.7 Å². The van der Waals surface area contributed by atoms with Gasteiger partial charge in [-0.25, -0.2) is 5.43 Å². The minimum absolute atomic E-state index is 0.157. The second-order valence-electron chi connectivity index (χ2n) is 5.14. The van der Waals surface area contributed by atoms with Crippen LogP contribution in [0.5, 0.6) is 0 Å². The maximum Gasteiger partial charge on any atom is 0.250 e. The molecule has 0 bridgehead atoms. The van der Waals surface area contributed by atoms with Crippen LogP contribution in [0.2, 0.25) is 5.02 Å². The van der Waals surface area contributed by atoms with Crippen molar-refractivity contribution in [3.05, 3.63) is 57.5 Å². The molecule has 2 aromatic rings. The minimum atomic E-state index is -0.157. The van der Waals surface area contributed by atoms with Crippen molar-refractivity contribution in [2.45, 2.75) is 4.90 Å². The van der Waals surface area contributed by atoms with Gasteiger partial charge in [-0.3, -0.25) is 4.79 Å². The van der Waals surface area contributed by atoms with Crippen molar-refractivity contribution in [2.24, 2.45) is 5.10 Å². The fourth-order valence-corrected chi connectivity index (χ4v) is 3.42. The molecule has 0 saturated carbocycles. The van der Waals surface area contributed by atoms with Crippen molar-refractivity contribution in [3.8, 4) is 0 Å². The highest BCUT2D eigenvalue weighted by molar-refractivity contribution is 9.10. The predicted octanol–water partition coefficient (Wildman–Crippen LogP) is 4.41. The molecule has 0 saturated heterocycles. The highest BCUT2D eigenvalue weighted by Crippen LogP contribution is 2.25. The maximum absolute atomic E-state index is 11.8. The molecule has 126 valence electrons. The van der Waals surface area contributed by atoms with E-state index in [4.69, 9.17) is 11.6 Å². The molecule has 0 aliphatic carbocycles. The van der Waals surface area contributed by atoms with E-state index in [1.54, 1.807) is 18.3 Å². The Balaban J connectivity index is 1.83. The minimum Gasteiger partial charge on any atom is -0.377 e. The fourth-order valence-electron chi connectivity index (χ4n) is 1.86. The number of hydrazone groups is 1. The number of rotatable bonds is 6. The summed E-state index contributed by atoms with van der Waals surface area (Å²) < 4.78 is 0.973. The molecule has 0 spiro atoms. The Kier molecular flexibility index (Phi) is 7.15. The summed E-state index contributed by atoms with van der Waals surface area (Å²) >= 11 is 10.8. The summed E-state index contributed by atoms with van der Waals surface area (Å²) in [6.45, 7) is 0. The van der Waals surface area contributed by atoms with E-state index in [0.29, 0.717) is 10.8 Å². The summed E-state index contributed by atoms with van der Waals surface area (Å²) in [6, 6.07) is 13.3. The standard InChI is InChI=1S/C17H17BrClN3OS/c1-22(2)16-8-3-12(9-15(16)18)10-20-21-17(23)11-24-14-6-4-13(19)5-7-14/h3-10H,11H2,1-2H3,(H,21,23)/b20-10-. The van der Waals surface area contributed by atoms with Crippen molar-refractivity contribution in [2.75, 3.05) is 24.7 Å². The number of nitrogens with zero attached hydrogens (tertiary/aromatic N) is 2. The van der Waals surface area contributed by atoms with Gasteiger partial charge in [-0.05, 0) is 57.9 Å². The zero-order valence-electron chi connectivity index (χ0n) is 13.3. The Morgan fingerprint density at radius 1 is 1.29 bits per heavy atom. The van der Waals surface area contributed by atoms with Gasteiger partial charge in [0.15, 0.2) is 0 Å². The number of amides is 1. The van der Waals surface area contributed by atoms with Crippen LogP contribution in [0.15, 0.2) is 56.9 Å². The van der Waals surface area contributed by atoms with E-state index < -0.39 is 0 Å². The quantitative estimate of drug-likeness (QED) is 0.423. The summed E-state index contributed by atoms with van der Waals surface area (Å²) in [4.78, 5) is 14.8. The third-order valence-electron chi connectivity index (χ3n) is 3.04. The number of anilines is 1. The average molecular weight is 427 g/mol. The van der Waals surface area contributed by atoms with Crippen molar-refractivity contribution >= 4 is 57.1 Å². The molecule has 1 N–H and O–H groups in total. The Morgan fingerprint density at radius 3 is 2.62 bits per heavy atom. The van der Waals surface area contributed by atoms with Crippen LogP contribution in [0.3, 0.4) is 0 Å². The average Bonchev–Trinajstić information content (AvgIpc) is 2.54. The third-order valence-corrected chi connectivity index (χ3v) is 4.94. The maximum atomic E-state index is 11.8. The lowest BCUT2D eigenvalue weighted by Crippen LogP contribution is -2.19. The molecular weight excluding hydrogens is 410 g/mol. The van der Waals surface area contributed by atoms with Gasteiger partial charge in [-0.2, -0.15) is 5.10 Å². The smallest absolute Gasteiger partial charge is 0.250 e. The number of halogens is 2. The monoisotopic (exact) mass is 425 g/mol. The van der Waals surface area contributed by atoms with Gasteiger partial charge in [0, 0.05) is 28.5 Å². The van der Waals surface area contributed by atoms with Gasteiger partial charge < -0.3 is 4.90 Å². The zero-order valence-corrected chi connectivity index (χ0v) is 16.5. The molecule has 4 nitrogen and oxygen atoms in total. The summed E-state index contributed by atoms with van der Waals surface area (Å²) in [5.74, 6) is 0.137. The van der Waals surface area contributed by atoms with Crippen molar-refractivity contribution in [1.82, 2.24) is 5.43 Å². The number of benzene rings is 2. The number of hydrogen-bond acceptors (Lipinski definition) is 4. The summed E-state index contributed by atoms with van der Waals surface area (Å²) in [5.41, 5.74) is 4.51. The van der Waals surface area contributed by atoms with Crippen LogP contribution in [-0.4, -0.2) is 32.0 Å². The fraction of sp³-hybridized carbons (Fsp3) is 0.176. The molecule has 0 heterocycles. The molecule has 0 atom stereocenters. The Morgan fingerprint density at radius 2 is 2.00 bits per heavy atom. The summed E-state index contributed by atoms with van der Waals surface area (Å²) in [7, 11) is 3.96. The van der Waals surface area contributed by atoms with Gasteiger partial charge in [0.05, 0.1) is 17.7 Å². The molecule has 2 aromatic carbocycles. The van der Waals surface area contributed by atoms with Crippen LogP contribution >= 0.6 is 39.3 Å². The van der Waals surface area contributed by atoms with E-state index in [1.807, 2.05) is 49.3 Å². The molecule has 0 radical (unpaired) electrons. The molecule has 24 heavy (non-hydrogen) atoms. The zero-order chi connectivity index (χ0) is 17.5. The lowest BCUT2D eigenvalue weighted by molar-refractivity contribution is -0.118. The molecule has 0 aliphatic rings. The molecule has 0 fully saturated rings. The number of carbonyl (C=O) groups excluding carboxylic acids is 1. The second kappa shape index (κ2) is 9.11. The predicted molar refractivity (Wildman–Crippen MR) is 106 cm³/mol. The third kappa shape index (κ3) is 5.85. The highest BCUT2D eigenvalue weighted by Gasteiger charge is 2.03. The van der Waals surface area contributed by atoms with Gasteiger partial charge in [0.1, 0.15) is 0 Å². The normalized spacial score (nSPS) is 10.8. The lowest BCUT2D eigenvalue weighted by Gasteiger charge is -2.14. The van der Waals surface area contributed by atoms with Crippen LogP contribution in [0.1, 0.15) is 5.56 Å². The van der Waals surface area contributed by atoms with Crippen molar-refractivity contribution < 1.29 is 4.79 Å². The van der Waals surface area contributed by atoms with Crippen molar-refractivity contribution in [3.63, 3.8) is 0 Å². The van der Waals surface area contributed by atoms with E-state index in [-0.39, 0.29) is 5.91 Å². The first-order valence-corrected chi connectivity index (χ1v) is 9.28. The van der Waals surface area contributed by atoms with E-state index in [0.717, 1.165) is 20.6 Å². The molecule has 0 aliphatic heterocycles. The van der Waals surface area contributed by atoms with Gasteiger partial charge in [-0.1, -0.05) is 17.7 Å². The number of hydrogen-bond donors (Lipinski definition) is 1. The van der Waals surface area contributed by atoms with E-state index >= 15 is 0 Å². The SMILES string of the molecule is CN(C)c1ccc(/C=N\NC(=O)CSc2ccc(Cl)cc2)cc1Br.